The molecule has 0 aliphatic carbocycles. The molecule has 29 nitrogen and oxygen atoms in total. The zero-order valence-corrected chi connectivity index (χ0v) is 86.4. The summed E-state index contributed by atoms with van der Waals surface area (Å²) in [5.41, 5.74) is 3.31. The molecular weight excluding hydrogens is 1930 g/mol. The summed E-state index contributed by atoms with van der Waals surface area (Å²) in [6, 6.07) is 35.8. The third kappa shape index (κ3) is 28.4. The first kappa shape index (κ1) is 111. The van der Waals surface area contributed by atoms with Crippen LogP contribution in [0.2, 0.25) is 0 Å². The summed E-state index contributed by atoms with van der Waals surface area (Å²) < 4.78 is 123. The van der Waals surface area contributed by atoms with Gasteiger partial charge < -0.3 is 74.0 Å². The number of unbranched alkanes of at least 4 members (excludes halogenated alkanes) is 2. The Kier molecular flexibility index (Phi) is 37.9. The largest absolute Gasteiger partial charge is 0.494 e. The first-order valence-electron chi connectivity index (χ1n) is 47.3. The summed E-state index contributed by atoms with van der Waals surface area (Å²) in [6.45, 7) is 32.9. The maximum absolute atomic E-state index is 14.1. The second-order valence-corrected chi connectivity index (χ2v) is 41.5. The van der Waals surface area contributed by atoms with Crippen molar-refractivity contribution < 1.29 is 97.9 Å². The van der Waals surface area contributed by atoms with E-state index in [9.17, 15) is 75.2 Å². The maximum Gasteiger partial charge on any atom is 0.417 e. The van der Waals surface area contributed by atoms with Crippen molar-refractivity contribution >= 4 is 127 Å². The number of hydrogen-bond acceptors (Lipinski definition) is 23. The van der Waals surface area contributed by atoms with Crippen LogP contribution in [0.5, 0.6) is 11.5 Å². The highest BCUT2D eigenvalue weighted by molar-refractivity contribution is 7.81. The number of nitrogens with one attached hydrogen (secondary N) is 4. The number of likely N-dealkylation sites (tertiary alicyclic amines) is 2. The van der Waals surface area contributed by atoms with Gasteiger partial charge in [-0.3, -0.25) is 48.2 Å². The third-order valence-electron chi connectivity index (χ3n) is 25.0. The number of aryl methyl sites for hydroxylation is 2. The lowest BCUT2D eigenvalue weighted by Crippen LogP contribution is -2.58. The van der Waals surface area contributed by atoms with Gasteiger partial charge in [0.05, 0.1) is 117 Å². The topological polar surface area (TPSA) is 342 Å². The third-order valence-corrected chi connectivity index (χ3v) is 27.7. The summed E-state index contributed by atoms with van der Waals surface area (Å²) in [5.74, 6) is -1.71. The molecule has 0 radical (unpaired) electrons. The zero-order chi connectivity index (χ0) is 104. The van der Waals surface area contributed by atoms with Crippen molar-refractivity contribution in [1.82, 2.24) is 41.0 Å². The van der Waals surface area contributed by atoms with Crippen LogP contribution in [0, 0.1) is 59.2 Å². The highest BCUT2D eigenvalue weighted by Gasteiger charge is 2.54. The molecule has 6 aromatic carbocycles. The summed E-state index contributed by atoms with van der Waals surface area (Å²) >= 11 is 14.4. The molecule has 0 bridgehead atoms. The predicted molar refractivity (Wildman–Crippen MR) is 541 cm³/mol. The van der Waals surface area contributed by atoms with Crippen LogP contribution in [0.15, 0.2) is 144 Å². The quantitative estimate of drug-likeness (QED) is 0.0157. The first-order chi connectivity index (χ1) is 67.5. The Morgan fingerprint density at radius 3 is 1.20 bits per heavy atom. The second-order valence-electron chi connectivity index (χ2n) is 39.1. The predicted octanol–water partition coefficient (Wildman–Crippen LogP) is 17.2. The Bertz CT molecular complexity index is 5920. The highest BCUT2D eigenvalue weighted by atomic mass is 32.1. The van der Waals surface area contributed by atoms with Gasteiger partial charge >= 0.3 is 12.4 Å². The number of anilines is 4. The molecule has 0 spiro atoms. The molecule has 4 N–H and O–H groups in total. The summed E-state index contributed by atoms with van der Waals surface area (Å²) in [5, 5.41) is 30.2. The fourth-order valence-electron chi connectivity index (χ4n) is 17.0. The van der Waals surface area contributed by atoms with Crippen molar-refractivity contribution in [1.29, 1.82) is 10.5 Å². The molecule has 8 aromatic rings. The Balaban J connectivity index is 0.000000273. The van der Waals surface area contributed by atoms with Gasteiger partial charge in [0.2, 0.25) is 35.4 Å². The number of amides is 8. The molecule has 0 unspecified atom stereocenters. The Morgan fingerprint density at radius 2 is 0.839 bits per heavy atom. The molecule has 4 aliphatic rings. The molecule has 766 valence electrons. The average molecular weight is 2050 g/mol. The van der Waals surface area contributed by atoms with E-state index in [4.69, 9.17) is 57.6 Å². The van der Waals surface area contributed by atoms with Gasteiger partial charge in [0.25, 0.3) is 11.8 Å². The number of thiazole rings is 2. The van der Waals surface area contributed by atoms with E-state index in [2.05, 4.69) is 31.2 Å². The van der Waals surface area contributed by atoms with Gasteiger partial charge in [-0.05, 0) is 248 Å². The number of thiocarbonyl (C=S) groups is 2. The van der Waals surface area contributed by atoms with Gasteiger partial charge in [0, 0.05) is 57.4 Å². The molecule has 4 fully saturated rings. The van der Waals surface area contributed by atoms with Crippen molar-refractivity contribution in [2.75, 3.05) is 98.8 Å². The van der Waals surface area contributed by atoms with Crippen molar-refractivity contribution in [2.45, 2.75) is 222 Å². The molecular formula is C104H124F6N14O15S4. The smallest absolute Gasteiger partial charge is 0.417 e. The highest BCUT2D eigenvalue weighted by Crippen LogP contribution is 2.44. The fourth-order valence-corrected chi connectivity index (χ4v) is 19.7. The minimum Gasteiger partial charge on any atom is -0.494 e. The number of alkyl halides is 6. The number of benzene rings is 6. The molecule has 4 aliphatic heterocycles. The number of halogens is 6. The monoisotopic (exact) mass is 2050 g/mol. The summed E-state index contributed by atoms with van der Waals surface area (Å²) in [4.78, 5) is 128. The first-order valence-corrected chi connectivity index (χ1v) is 49.9. The Hall–Kier alpha value is -11.9. The molecule has 8 amide bonds. The number of carbonyl (C=O) groups is 8. The lowest BCUT2D eigenvalue weighted by molar-refractivity contribution is -0.144. The number of nitriles is 2. The van der Waals surface area contributed by atoms with Crippen LogP contribution in [0.25, 0.3) is 20.9 Å². The number of ether oxygens (including phenoxy) is 7. The molecule has 6 heterocycles. The normalized spacial score (nSPS) is 17.8. The van der Waals surface area contributed by atoms with E-state index in [-0.39, 0.29) is 109 Å². The van der Waals surface area contributed by atoms with Crippen molar-refractivity contribution in [3.05, 3.63) is 189 Å². The molecule has 0 saturated carbocycles. The second kappa shape index (κ2) is 48.6. The van der Waals surface area contributed by atoms with E-state index in [0.717, 1.165) is 96.7 Å². The molecule has 12 rings (SSSR count). The van der Waals surface area contributed by atoms with E-state index < -0.39 is 104 Å². The van der Waals surface area contributed by atoms with Crippen molar-refractivity contribution in [3.63, 3.8) is 0 Å². The molecule has 143 heavy (non-hydrogen) atoms. The minimum atomic E-state index is -4.81. The lowest BCUT2D eigenvalue weighted by atomic mass is 9.85. The fraction of sp³-hybridized carbons (Fsp3) is 0.481. The number of nitrogens with zero attached hydrogens (tertiary/aromatic N) is 10. The van der Waals surface area contributed by atoms with Crippen LogP contribution in [-0.2, 0) is 87.5 Å². The van der Waals surface area contributed by atoms with Crippen LogP contribution in [0.3, 0.4) is 0 Å². The Labute approximate surface area is 849 Å². The van der Waals surface area contributed by atoms with Gasteiger partial charge in [0.15, 0.2) is 10.2 Å². The molecule has 8 atom stereocenters. The molecule has 2 aromatic heterocycles. The van der Waals surface area contributed by atoms with E-state index in [0.29, 0.717) is 94.7 Å². The Morgan fingerprint density at radius 1 is 0.490 bits per heavy atom. The standard InChI is InChI=1S/C52H62F3N7O8S2.C52H62F3N7O7S2/c1-31-24-42(46(64)57-27-35-10-12-36(13-11-35)44-32(2)58-30-72-44)60(28-31)47(65)45(50(5,6)7)59-43(63)29-67-20-21-68-33(3)34(4)69-22-23-70-40-18-16-38(17-19-40)62-49(71)61(48(66)51(62,8)9)39-15-14-37(26-56)41(25-39)52(53,54)55;1-33-26-42(46(64)57-29-35-12-14-36(15-13-35)44-34(2)58-32-71-44)60(30-33)47(65)45(50(3,4)5)59-43(63)31-68-24-9-8-22-67-23-10-11-25-69-40-20-18-38(19-21-40)62-49(70)61(48(66)51(62,6)7)39-17-16-37(28-56)41(27-39)52(53,54)55/h10-19,25,30-31,33-34,42,45H,20-24,27-29H2,1-9H3,(H,57,64)(H,59,63);12-21,27,32-33,42,45H,8-11,22-26,29-31H2,1-7H3,(H,57,64)(H,59,63)/t31-,33-,34-,42+,45-;33-,42+,45-/m11/s1. The average Bonchev–Trinajstić information content (AvgIpc) is 1.58. The van der Waals surface area contributed by atoms with Gasteiger partial charge in [-0.1, -0.05) is 104 Å². The van der Waals surface area contributed by atoms with Gasteiger partial charge in [-0.25, -0.2) is 9.97 Å². The van der Waals surface area contributed by atoms with E-state index in [1.165, 1.54) is 12.1 Å². The maximum atomic E-state index is 14.1. The molecule has 4 saturated heterocycles. The van der Waals surface area contributed by atoms with E-state index in [1.807, 2.05) is 143 Å². The van der Waals surface area contributed by atoms with Gasteiger partial charge in [-0.2, -0.15) is 36.9 Å². The van der Waals surface area contributed by atoms with Crippen LogP contribution in [-0.4, -0.2) is 204 Å². The van der Waals surface area contributed by atoms with Crippen LogP contribution < -0.4 is 50.3 Å². The summed E-state index contributed by atoms with van der Waals surface area (Å²) in [7, 11) is 0. The van der Waals surface area contributed by atoms with Crippen molar-refractivity contribution in [2.24, 2.45) is 22.7 Å². The number of hydrogen-bond donors (Lipinski definition) is 4. The van der Waals surface area contributed by atoms with Gasteiger partial charge in [-0.15, -0.1) is 22.7 Å². The van der Waals surface area contributed by atoms with Crippen LogP contribution in [0.4, 0.5) is 49.1 Å². The number of carbonyl (C=O) groups excluding carboxylic acids is 8. The number of rotatable bonds is 41. The minimum absolute atomic E-state index is 0.00449. The van der Waals surface area contributed by atoms with E-state index >= 15 is 0 Å². The lowest BCUT2D eigenvalue weighted by Gasteiger charge is -2.35. The van der Waals surface area contributed by atoms with Crippen molar-refractivity contribution in [3.8, 4) is 44.5 Å². The van der Waals surface area contributed by atoms with Crippen LogP contribution in [0.1, 0.15) is 180 Å². The van der Waals surface area contributed by atoms with Crippen LogP contribution >= 0.6 is 47.1 Å². The van der Waals surface area contributed by atoms with E-state index in [1.54, 1.807) is 131 Å². The number of aromatic nitrogens is 2. The SMILES string of the molecule is Cc1ncsc1-c1ccc(CNC(=O)[C@@H]2C[C@@H](C)CN2C(=O)[C@@H](NC(=O)COCCCCOCCCCOc2ccc(N3C(=S)N(c4ccc(C#N)c(C(F)(F)F)c4)C(=O)C3(C)C)cc2)C(C)(C)C)cc1.Cc1ncsc1-c1ccc(CNC(=O)[C@@H]2C[C@@H](C)CN2C(=O)[C@@H](NC(=O)COCCO[C@H](C)[C@@H](C)OCCOc2ccc(N3C(=S)N(c4ccc(C#N)c(C(F)(F)F)c4)C(=O)C3(C)C)cc2)C(C)(C)C)cc1. The molecule has 39 heteroatoms. The zero-order valence-electron chi connectivity index (χ0n) is 83.1. The van der Waals surface area contributed by atoms with Gasteiger partial charge in [0.1, 0.15) is 66.6 Å². The summed E-state index contributed by atoms with van der Waals surface area (Å²) in [6.07, 6.45) is -6.35.